The molecule has 1 aromatic carbocycles. The molecule has 21 heavy (non-hydrogen) atoms. The van der Waals surface area contributed by atoms with Crippen LogP contribution in [0.2, 0.25) is 0 Å². The van der Waals surface area contributed by atoms with Gasteiger partial charge in [0.25, 0.3) is 0 Å². The molecule has 0 radical (unpaired) electrons. The van der Waals surface area contributed by atoms with E-state index in [1.54, 1.807) is 18.9 Å². The van der Waals surface area contributed by atoms with E-state index in [1.807, 2.05) is 24.3 Å². The third-order valence-corrected chi connectivity index (χ3v) is 4.22. The molecule has 0 aromatic heterocycles. The van der Waals surface area contributed by atoms with Gasteiger partial charge in [0, 0.05) is 5.56 Å². The molecule has 5 heteroatoms. The topological polar surface area (TPSA) is 58.6 Å². The van der Waals surface area contributed by atoms with Gasteiger partial charge < -0.3 is 15.0 Å². The van der Waals surface area contributed by atoms with Crippen molar-refractivity contribution in [1.82, 2.24) is 10.2 Å². The summed E-state index contributed by atoms with van der Waals surface area (Å²) in [5.74, 6) is 1.01. The van der Waals surface area contributed by atoms with E-state index in [9.17, 15) is 9.59 Å². The molecule has 5 nitrogen and oxygen atoms in total. The highest BCUT2D eigenvalue weighted by molar-refractivity contribution is 5.97. The molecule has 1 saturated heterocycles. The molecular weight excluding hydrogens is 268 g/mol. The number of methoxy groups -OCH3 is 1. The highest BCUT2D eigenvalue weighted by Gasteiger charge is 2.46. The van der Waals surface area contributed by atoms with Crippen LogP contribution >= 0.6 is 0 Å². The highest BCUT2D eigenvalue weighted by Crippen LogP contribution is 2.38. The number of nitrogens with one attached hydrogen (secondary N) is 1. The summed E-state index contributed by atoms with van der Waals surface area (Å²) >= 11 is 0. The van der Waals surface area contributed by atoms with Crippen molar-refractivity contribution >= 4 is 11.8 Å². The minimum absolute atomic E-state index is 0.0163. The van der Waals surface area contributed by atoms with Crippen LogP contribution in [0, 0.1) is 5.92 Å². The fourth-order valence-corrected chi connectivity index (χ4v) is 2.96. The summed E-state index contributed by atoms with van der Waals surface area (Å²) < 4.78 is 5.35. The number of ether oxygens (including phenoxy) is 1. The van der Waals surface area contributed by atoms with Gasteiger partial charge in [-0.3, -0.25) is 9.59 Å². The van der Waals surface area contributed by atoms with Crippen LogP contribution in [0.4, 0.5) is 0 Å². The van der Waals surface area contributed by atoms with Gasteiger partial charge in [-0.15, -0.1) is 0 Å². The zero-order chi connectivity index (χ0) is 15.0. The largest absolute Gasteiger partial charge is 0.496 e. The number of para-hydroxylation sites is 1. The number of hydrogen-bond donors (Lipinski definition) is 1. The molecule has 1 aliphatic carbocycles. The summed E-state index contributed by atoms with van der Waals surface area (Å²) in [6, 6.07) is 6.84. The predicted octanol–water partition coefficient (Wildman–Crippen LogP) is 1.32. The van der Waals surface area contributed by atoms with Crippen LogP contribution < -0.4 is 10.1 Å². The lowest BCUT2D eigenvalue weighted by Gasteiger charge is -2.38. The minimum Gasteiger partial charge on any atom is -0.496 e. The van der Waals surface area contributed by atoms with Gasteiger partial charge in [-0.2, -0.15) is 0 Å². The molecule has 3 rings (SSSR count). The van der Waals surface area contributed by atoms with Gasteiger partial charge in [-0.1, -0.05) is 18.2 Å². The Labute approximate surface area is 124 Å². The zero-order valence-electron chi connectivity index (χ0n) is 12.3. The van der Waals surface area contributed by atoms with Crippen LogP contribution in [0.3, 0.4) is 0 Å². The van der Waals surface area contributed by atoms with E-state index in [4.69, 9.17) is 4.74 Å². The lowest BCUT2D eigenvalue weighted by Crippen LogP contribution is -2.62. The maximum atomic E-state index is 12.5. The van der Waals surface area contributed by atoms with Crippen molar-refractivity contribution < 1.29 is 14.3 Å². The Morgan fingerprint density at radius 1 is 1.29 bits per heavy atom. The molecule has 1 aliphatic heterocycles. The summed E-state index contributed by atoms with van der Waals surface area (Å²) in [7, 11) is 1.62. The second-order valence-electron chi connectivity index (χ2n) is 5.79. The molecule has 2 fully saturated rings. The van der Waals surface area contributed by atoms with Crippen molar-refractivity contribution in [3.05, 3.63) is 29.8 Å². The van der Waals surface area contributed by atoms with Crippen LogP contribution in [0.5, 0.6) is 5.75 Å². The van der Waals surface area contributed by atoms with E-state index in [1.165, 1.54) is 0 Å². The molecular formula is C16H20N2O3. The molecule has 2 aliphatic rings. The monoisotopic (exact) mass is 288 g/mol. The SMILES string of the molecule is COc1ccccc1CN1C(=O)C(C)NC(=O)C1C1CC1. The molecule has 1 N–H and O–H groups in total. The quantitative estimate of drug-likeness (QED) is 0.909. The van der Waals surface area contributed by atoms with Gasteiger partial charge in [0.2, 0.25) is 11.8 Å². The van der Waals surface area contributed by atoms with Crippen molar-refractivity contribution in [3.63, 3.8) is 0 Å². The molecule has 0 spiro atoms. The van der Waals surface area contributed by atoms with E-state index >= 15 is 0 Å². The summed E-state index contributed by atoms with van der Waals surface area (Å²) in [6.45, 7) is 2.15. The van der Waals surface area contributed by atoms with Crippen molar-refractivity contribution in [2.45, 2.75) is 38.4 Å². The van der Waals surface area contributed by atoms with Gasteiger partial charge in [0.1, 0.15) is 17.8 Å². The maximum absolute atomic E-state index is 12.5. The Balaban J connectivity index is 1.89. The van der Waals surface area contributed by atoms with Gasteiger partial charge in [0.15, 0.2) is 0 Å². The zero-order valence-corrected chi connectivity index (χ0v) is 12.3. The number of piperazine rings is 1. The Bertz CT molecular complexity index is 568. The number of rotatable bonds is 4. The molecule has 0 bridgehead atoms. The average Bonchev–Trinajstić information content (AvgIpc) is 3.29. The summed E-state index contributed by atoms with van der Waals surface area (Å²) in [5.41, 5.74) is 0.931. The fourth-order valence-electron chi connectivity index (χ4n) is 2.96. The maximum Gasteiger partial charge on any atom is 0.245 e. The Morgan fingerprint density at radius 3 is 2.67 bits per heavy atom. The smallest absolute Gasteiger partial charge is 0.245 e. The summed E-state index contributed by atoms with van der Waals surface area (Å²) in [4.78, 5) is 26.5. The lowest BCUT2D eigenvalue weighted by atomic mass is 10.0. The number of benzene rings is 1. The van der Waals surface area contributed by atoms with E-state index in [-0.39, 0.29) is 17.9 Å². The number of hydrogen-bond acceptors (Lipinski definition) is 3. The van der Waals surface area contributed by atoms with Crippen LogP contribution in [0.1, 0.15) is 25.3 Å². The Hall–Kier alpha value is -2.04. The first-order chi connectivity index (χ1) is 10.1. The van der Waals surface area contributed by atoms with E-state index < -0.39 is 6.04 Å². The number of carbonyl (C=O) groups is 2. The number of amides is 2. The van der Waals surface area contributed by atoms with Gasteiger partial charge >= 0.3 is 0 Å². The Kier molecular flexibility index (Phi) is 3.57. The van der Waals surface area contributed by atoms with E-state index in [0.29, 0.717) is 12.5 Å². The number of carbonyl (C=O) groups excluding carboxylic acids is 2. The normalized spacial score (nSPS) is 25.7. The van der Waals surface area contributed by atoms with E-state index in [0.717, 1.165) is 24.2 Å². The van der Waals surface area contributed by atoms with Gasteiger partial charge in [-0.05, 0) is 31.7 Å². The van der Waals surface area contributed by atoms with Crippen molar-refractivity contribution in [2.75, 3.05) is 7.11 Å². The molecule has 1 heterocycles. The standard InChI is InChI=1S/C16H20N2O3/c1-10-16(20)18(14(11-7-8-11)15(19)17-10)9-12-5-3-4-6-13(12)21-2/h3-6,10-11,14H,7-9H2,1-2H3,(H,17,19). The fraction of sp³-hybridized carbons (Fsp3) is 0.500. The first-order valence-corrected chi connectivity index (χ1v) is 7.34. The molecule has 1 saturated carbocycles. The van der Waals surface area contributed by atoms with Gasteiger partial charge in [-0.25, -0.2) is 0 Å². The summed E-state index contributed by atoms with van der Waals surface area (Å²) in [5, 5.41) is 2.78. The predicted molar refractivity (Wildman–Crippen MR) is 77.7 cm³/mol. The van der Waals surface area contributed by atoms with Crippen molar-refractivity contribution in [2.24, 2.45) is 5.92 Å². The van der Waals surface area contributed by atoms with E-state index in [2.05, 4.69) is 5.32 Å². The third-order valence-electron chi connectivity index (χ3n) is 4.22. The molecule has 112 valence electrons. The number of nitrogens with zero attached hydrogens (tertiary/aromatic N) is 1. The molecule has 1 aromatic rings. The second-order valence-corrected chi connectivity index (χ2v) is 5.79. The van der Waals surface area contributed by atoms with Crippen LogP contribution in [-0.4, -0.2) is 35.9 Å². The minimum atomic E-state index is -0.456. The van der Waals surface area contributed by atoms with Crippen LogP contribution in [0.25, 0.3) is 0 Å². The molecule has 2 atom stereocenters. The first-order valence-electron chi connectivity index (χ1n) is 7.34. The lowest BCUT2D eigenvalue weighted by molar-refractivity contribution is -0.150. The first kappa shape index (κ1) is 13.9. The second kappa shape index (κ2) is 5.39. The molecule has 2 unspecified atom stereocenters. The van der Waals surface area contributed by atoms with Gasteiger partial charge in [0.05, 0.1) is 13.7 Å². The van der Waals surface area contributed by atoms with Crippen LogP contribution in [-0.2, 0) is 16.1 Å². The summed E-state index contributed by atoms with van der Waals surface area (Å²) in [6.07, 6.45) is 2.03. The van der Waals surface area contributed by atoms with Crippen molar-refractivity contribution in [3.8, 4) is 5.75 Å². The molecule has 2 amide bonds. The highest BCUT2D eigenvalue weighted by atomic mass is 16.5. The Morgan fingerprint density at radius 2 is 2.00 bits per heavy atom. The third kappa shape index (κ3) is 2.60. The average molecular weight is 288 g/mol. The van der Waals surface area contributed by atoms with Crippen LogP contribution in [0.15, 0.2) is 24.3 Å². The van der Waals surface area contributed by atoms with Crippen molar-refractivity contribution in [1.29, 1.82) is 0 Å².